The highest BCUT2D eigenvalue weighted by Crippen LogP contribution is 2.41. The lowest BCUT2D eigenvalue weighted by molar-refractivity contribution is 0.669. The third-order valence-electron chi connectivity index (χ3n) is 10.00. The number of hydrogen-bond acceptors (Lipinski definition) is 2. The van der Waals surface area contributed by atoms with E-state index in [-0.39, 0.29) is 0 Å². The van der Waals surface area contributed by atoms with Crippen molar-refractivity contribution in [2.75, 3.05) is 4.90 Å². The number of fused-ring (bicyclic) bond motifs is 7. The van der Waals surface area contributed by atoms with Crippen LogP contribution in [0.2, 0.25) is 0 Å². The van der Waals surface area contributed by atoms with E-state index in [2.05, 4.69) is 181 Å². The first-order chi connectivity index (χ1) is 24.7. The van der Waals surface area contributed by atoms with Crippen LogP contribution in [-0.4, -0.2) is 0 Å². The smallest absolute Gasteiger partial charge is 0.136 e. The minimum Gasteiger partial charge on any atom is -0.456 e. The van der Waals surface area contributed by atoms with Gasteiger partial charge in [0.15, 0.2) is 0 Å². The van der Waals surface area contributed by atoms with Gasteiger partial charge in [-0.3, -0.25) is 0 Å². The molecule has 10 rings (SSSR count). The van der Waals surface area contributed by atoms with Crippen LogP contribution in [0.4, 0.5) is 17.1 Å². The van der Waals surface area contributed by atoms with Gasteiger partial charge in [-0.1, -0.05) is 127 Å². The van der Waals surface area contributed by atoms with E-state index in [0.29, 0.717) is 0 Å². The Labute approximate surface area is 290 Å². The summed E-state index contributed by atoms with van der Waals surface area (Å²) in [6.45, 7) is 0. The van der Waals surface area contributed by atoms with Crippen molar-refractivity contribution >= 4 is 71.3 Å². The molecule has 9 aromatic carbocycles. The predicted molar refractivity (Wildman–Crippen MR) is 212 cm³/mol. The van der Waals surface area contributed by atoms with Gasteiger partial charge >= 0.3 is 0 Å². The molecule has 10 aromatic rings. The predicted octanol–water partition coefficient (Wildman–Crippen LogP) is 13.8. The van der Waals surface area contributed by atoms with Crippen molar-refractivity contribution in [3.05, 3.63) is 188 Å². The molecule has 0 aliphatic carbocycles. The van der Waals surface area contributed by atoms with Crippen LogP contribution in [0.15, 0.2) is 192 Å². The summed E-state index contributed by atoms with van der Waals surface area (Å²) in [5.41, 5.74) is 10.0. The molecule has 0 N–H and O–H groups in total. The normalized spacial score (nSPS) is 11.6. The molecule has 0 saturated carbocycles. The molecule has 0 saturated heterocycles. The second kappa shape index (κ2) is 11.5. The molecule has 0 atom stereocenters. The number of rotatable bonds is 5. The lowest BCUT2D eigenvalue weighted by Crippen LogP contribution is -2.10. The maximum atomic E-state index is 6.21. The van der Waals surface area contributed by atoms with E-state index >= 15 is 0 Å². The zero-order valence-electron chi connectivity index (χ0n) is 27.3. The summed E-state index contributed by atoms with van der Waals surface area (Å²) in [6.07, 6.45) is 0. The van der Waals surface area contributed by atoms with Gasteiger partial charge in [0.25, 0.3) is 0 Å². The minimum atomic E-state index is 0.921. The zero-order chi connectivity index (χ0) is 33.0. The second-order valence-corrected chi connectivity index (χ2v) is 13.0. The lowest BCUT2D eigenvalue weighted by Gasteiger charge is -2.26. The molecule has 1 aromatic heterocycles. The van der Waals surface area contributed by atoms with E-state index in [1.165, 1.54) is 54.6 Å². The Morgan fingerprint density at radius 1 is 0.280 bits per heavy atom. The van der Waals surface area contributed by atoms with Gasteiger partial charge in [0, 0.05) is 27.8 Å². The van der Waals surface area contributed by atoms with E-state index in [0.717, 1.165) is 39.0 Å². The second-order valence-electron chi connectivity index (χ2n) is 13.0. The summed E-state index contributed by atoms with van der Waals surface area (Å²) in [5, 5.41) is 9.55. The van der Waals surface area contributed by atoms with Gasteiger partial charge in [-0.05, 0) is 115 Å². The molecule has 1 heterocycles. The number of benzene rings is 9. The van der Waals surface area contributed by atoms with Gasteiger partial charge in [0.2, 0.25) is 0 Å². The Morgan fingerprint density at radius 2 is 0.820 bits per heavy atom. The average molecular weight is 638 g/mol. The molecule has 0 unspecified atom stereocenters. The van der Waals surface area contributed by atoms with E-state index in [1.807, 2.05) is 12.1 Å². The highest BCUT2D eigenvalue weighted by Gasteiger charge is 2.16. The monoisotopic (exact) mass is 637 g/mol. The summed E-state index contributed by atoms with van der Waals surface area (Å²) in [5.74, 6) is 0. The summed E-state index contributed by atoms with van der Waals surface area (Å²) in [6, 6.07) is 67.7. The number of hydrogen-bond donors (Lipinski definition) is 0. The first-order valence-electron chi connectivity index (χ1n) is 17.1. The molecular weight excluding hydrogens is 607 g/mol. The van der Waals surface area contributed by atoms with Crippen molar-refractivity contribution in [1.29, 1.82) is 0 Å². The maximum Gasteiger partial charge on any atom is 0.136 e. The van der Waals surface area contributed by atoms with Crippen molar-refractivity contribution in [3.63, 3.8) is 0 Å². The maximum absolute atomic E-state index is 6.21. The van der Waals surface area contributed by atoms with Crippen LogP contribution < -0.4 is 4.90 Å². The summed E-state index contributed by atoms with van der Waals surface area (Å²) in [7, 11) is 0. The summed E-state index contributed by atoms with van der Waals surface area (Å²) < 4.78 is 6.21. The van der Waals surface area contributed by atoms with Crippen molar-refractivity contribution in [2.45, 2.75) is 0 Å². The molecule has 0 fully saturated rings. The lowest BCUT2D eigenvalue weighted by atomic mass is 9.98. The Morgan fingerprint density at radius 3 is 1.60 bits per heavy atom. The zero-order valence-corrected chi connectivity index (χ0v) is 27.3. The van der Waals surface area contributed by atoms with Crippen LogP contribution in [0, 0.1) is 0 Å². The van der Waals surface area contributed by atoms with Crippen molar-refractivity contribution in [2.24, 2.45) is 0 Å². The van der Waals surface area contributed by atoms with Crippen LogP contribution in [0.1, 0.15) is 0 Å². The number of anilines is 3. The van der Waals surface area contributed by atoms with Crippen LogP contribution in [-0.2, 0) is 0 Å². The van der Waals surface area contributed by atoms with Gasteiger partial charge in [-0.15, -0.1) is 0 Å². The van der Waals surface area contributed by atoms with E-state index in [9.17, 15) is 0 Å². The average Bonchev–Trinajstić information content (AvgIpc) is 3.55. The molecule has 0 amide bonds. The fraction of sp³-hybridized carbons (Fsp3) is 0. The molecule has 50 heavy (non-hydrogen) atoms. The van der Waals surface area contributed by atoms with Crippen LogP contribution in [0.5, 0.6) is 0 Å². The SMILES string of the molecule is c1ccc(-c2ccc(N(c3ccc4cc(-c5ccccc5)ccc4c3)c3ccc4c(ccc5cc6oc7ccccc7c6cc54)c3)cc2)cc1. The molecule has 0 radical (unpaired) electrons. The Kier molecular flexibility index (Phi) is 6.53. The summed E-state index contributed by atoms with van der Waals surface area (Å²) >= 11 is 0. The first-order valence-corrected chi connectivity index (χ1v) is 17.1. The van der Waals surface area contributed by atoms with Crippen molar-refractivity contribution < 1.29 is 4.42 Å². The Bertz CT molecular complexity index is 2850. The molecule has 2 heteroatoms. The van der Waals surface area contributed by atoms with Crippen LogP contribution in [0.3, 0.4) is 0 Å². The van der Waals surface area contributed by atoms with E-state index in [4.69, 9.17) is 4.42 Å². The fourth-order valence-electron chi connectivity index (χ4n) is 7.47. The molecule has 0 bridgehead atoms. The topological polar surface area (TPSA) is 16.4 Å². The number of para-hydroxylation sites is 1. The number of nitrogens with zero attached hydrogens (tertiary/aromatic N) is 1. The number of furan rings is 1. The molecule has 0 aliphatic heterocycles. The minimum absolute atomic E-state index is 0.921. The van der Waals surface area contributed by atoms with Crippen LogP contribution in [0.25, 0.3) is 76.5 Å². The largest absolute Gasteiger partial charge is 0.456 e. The van der Waals surface area contributed by atoms with Crippen molar-refractivity contribution in [1.82, 2.24) is 0 Å². The summed E-state index contributed by atoms with van der Waals surface area (Å²) in [4.78, 5) is 2.37. The fourth-order valence-corrected chi connectivity index (χ4v) is 7.47. The Balaban J connectivity index is 1.12. The quantitative estimate of drug-likeness (QED) is 0.175. The van der Waals surface area contributed by atoms with E-state index < -0.39 is 0 Å². The third-order valence-corrected chi connectivity index (χ3v) is 10.00. The molecule has 0 spiro atoms. The van der Waals surface area contributed by atoms with Gasteiger partial charge in [-0.2, -0.15) is 0 Å². The highest BCUT2D eigenvalue weighted by molar-refractivity contribution is 6.16. The van der Waals surface area contributed by atoms with Crippen LogP contribution >= 0.6 is 0 Å². The Hall–Kier alpha value is -6.64. The van der Waals surface area contributed by atoms with Crippen molar-refractivity contribution in [3.8, 4) is 22.3 Å². The standard InChI is InChI=1S/C48H31NO/c1-3-9-32(10-4-1)34-19-22-40(23-20-34)49(41-24-21-36-27-35(15-16-37(36)28-41)33-11-5-2-6-12-33)42-25-26-43-38(29-42)17-18-39-30-48-46(31-45(39)43)44-13-7-8-14-47(44)50-48/h1-31H. The third kappa shape index (κ3) is 4.81. The highest BCUT2D eigenvalue weighted by atomic mass is 16.3. The van der Waals surface area contributed by atoms with Gasteiger partial charge in [0.05, 0.1) is 0 Å². The molecule has 0 aliphatic rings. The van der Waals surface area contributed by atoms with Gasteiger partial charge in [-0.25, -0.2) is 0 Å². The molecular formula is C48H31NO. The first kappa shape index (κ1) is 28.4. The molecule has 2 nitrogen and oxygen atoms in total. The van der Waals surface area contributed by atoms with Gasteiger partial charge < -0.3 is 9.32 Å². The van der Waals surface area contributed by atoms with Gasteiger partial charge in [0.1, 0.15) is 11.2 Å². The van der Waals surface area contributed by atoms with E-state index in [1.54, 1.807) is 0 Å². The molecule has 234 valence electrons.